The van der Waals surface area contributed by atoms with Crippen LogP contribution in [0.3, 0.4) is 0 Å². The van der Waals surface area contributed by atoms with Crippen LogP contribution in [0.5, 0.6) is 0 Å². The van der Waals surface area contributed by atoms with Gasteiger partial charge in [-0.3, -0.25) is 4.79 Å². The van der Waals surface area contributed by atoms with Gasteiger partial charge in [0.15, 0.2) is 0 Å². The molecule has 82 valence electrons. The SMILES string of the molecule is O=C(Cn1cnnn1)N1CCCCCC1. The van der Waals surface area contributed by atoms with Crippen LogP contribution in [0.4, 0.5) is 0 Å². The van der Waals surface area contributed by atoms with Gasteiger partial charge >= 0.3 is 0 Å². The van der Waals surface area contributed by atoms with Crippen molar-refractivity contribution in [2.45, 2.75) is 32.2 Å². The molecule has 0 bridgehead atoms. The van der Waals surface area contributed by atoms with Crippen molar-refractivity contribution in [3.8, 4) is 0 Å². The molecule has 1 amide bonds. The molecule has 0 aliphatic carbocycles. The summed E-state index contributed by atoms with van der Waals surface area (Å²) in [5, 5.41) is 10.7. The van der Waals surface area contributed by atoms with Crippen molar-refractivity contribution in [3.63, 3.8) is 0 Å². The van der Waals surface area contributed by atoms with E-state index in [1.807, 2.05) is 4.90 Å². The molecule has 6 nitrogen and oxygen atoms in total. The third-order valence-electron chi connectivity index (χ3n) is 2.65. The second-order valence-electron chi connectivity index (χ2n) is 3.80. The van der Waals surface area contributed by atoms with E-state index in [-0.39, 0.29) is 12.5 Å². The van der Waals surface area contributed by atoms with Gasteiger partial charge in [0.2, 0.25) is 5.91 Å². The highest BCUT2D eigenvalue weighted by molar-refractivity contribution is 5.75. The summed E-state index contributed by atoms with van der Waals surface area (Å²) in [6.07, 6.45) is 6.15. The minimum Gasteiger partial charge on any atom is -0.341 e. The lowest BCUT2D eigenvalue weighted by molar-refractivity contribution is -0.132. The monoisotopic (exact) mass is 209 g/mol. The fraction of sp³-hybridized carbons (Fsp3) is 0.778. The van der Waals surface area contributed by atoms with Crippen LogP contribution in [0.25, 0.3) is 0 Å². The van der Waals surface area contributed by atoms with E-state index in [9.17, 15) is 4.79 Å². The van der Waals surface area contributed by atoms with Crippen molar-refractivity contribution in [2.24, 2.45) is 0 Å². The second-order valence-corrected chi connectivity index (χ2v) is 3.80. The zero-order valence-electron chi connectivity index (χ0n) is 8.67. The molecule has 2 rings (SSSR count). The molecule has 1 aliphatic rings. The van der Waals surface area contributed by atoms with E-state index in [1.165, 1.54) is 23.9 Å². The summed E-state index contributed by atoms with van der Waals surface area (Å²) < 4.78 is 1.47. The highest BCUT2D eigenvalue weighted by atomic mass is 16.2. The average Bonchev–Trinajstić information content (AvgIpc) is 2.58. The largest absolute Gasteiger partial charge is 0.341 e. The van der Waals surface area contributed by atoms with Crippen molar-refractivity contribution in [1.82, 2.24) is 25.1 Å². The standard InChI is InChI=1S/C9H15N5O/c15-9(7-14-8-10-11-12-14)13-5-3-1-2-4-6-13/h8H,1-7H2. The quantitative estimate of drug-likeness (QED) is 0.691. The van der Waals surface area contributed by atoms with Gasteiger partial charge < -0.3 is 4.90 Å². The van der Waals surface area contributed by atoms with Crippen LogP contribution in [0.1, 0.15) is 25.7 Å². The van der Waals surface area contributed by atoms with Gasteiger partial charge in [-0.2, -0.15) is 0 Å². The minimum atomic E-state index is 0.115. The molecule has 0 unspecified atom stereocenters. The summed E-state index contributed by atoms with van der Waals surface area (Å²) >= 11 is 0. The summed E-state index contributed by atoms with van der Waals surface area (Å²) in [5.41, 5.74) is 0. The Kier molecular flexibility index (Phi) is 3.26. The van der Waals surface area contributed by atoms with E-state index in [1.54, 1.807) is 0 Å². The Morgan fingerprint density at radius 3 is 2.53 bits per heavy atom. The number of carbonyl (C=O) groups excluding carboxylic acids is 1. The maximum absolute atomic E-state index is 11.8. The third kappa shape index (κ3) is 2.74. The smallest absolute Gasteiger partial charge is 0.244 e. The summed E-state index contributed by atoms with van der Waals surface area (Å²) in [4.78, 5) is 13.7. The normalized spacial score (nSPS) is 17.5. The number of likely N-dealkylation sites (tertiary alicyclic amines) is 1. The number of amides is 1. The van der Waals surface area contributed by atoms with Crippen LogP contribution in [0, 0.1) is 0 Å². The number of tetrazole rings is 1. The van der Waals surface area contributed by atoms with Crippen molar-refractivity contribution in [1.29, 1.82) is 0 Å². The summed E-state index contributed by atoms with van der Waals surface area (Å²) in [5.74, 6) is 0.115. The zero-order chi connectivity index (χ0) is 10.5. The molecular weight excluding hydrogens is 194 g/mol. The van der Waals surface area contributed by atoms with Gasteiger partial charge in [-0.1, -0.05) is 12.8 Å². The Balaban J connectivity index is 1.89. The fourth-order valence-electron chi connectivity index (χ4n) is 1.81. The van der Waals surface area contributed by atoms with Crippen LogP contribution in [-0.4, -0.2) is 44.1 Å². The first-order valence-corrected chi connectivity index (χ1v) is 5.35. The number of nitrogens with zero attached hydrogens (tertiary/aromatic N) is 5. The lowest BCUT2D eigenvalue weighted by atomic mass is 10.2. The van der Waals surface area contributed by atoms with Crippen molar-refractivity contribution < 1.29 is 4.79 Å². The number of aromatic nitrogens is 4. The number of rotatable bonds is 2. The van der Waals surface area contributed by atoms with Gasteiger partial charge in [-0.05, 0) is 23.3 Å². The fourth-order valence-corrected chi connectivity index (χ4v) is 1.81. The molecule has 0 aromatic carbocycles. The van der Waals surface area contributed by atoms with Gasteiger partial charge in [0.05, 0.1) is 0 Å². The Morgan fingerprint density at radius 2 is 1.93 bits per heavy atom. The molecule has 0 atom stereocenters. The summed E-state index contributed by atoms with van der Waals surface area (Å²) in [7, 11) is 0. The van der Waals surface area contributed by atoms with Crippen LogP contribution in [0.15, 0.2) is 6.33 Å². The molecule has 0 saturated carbocycles. The first-order valence-electron chi connectivity index (χ1n) is 5.35. The number of hydrogen-bond donors (Lipinski definition) is 0. The lowest BCUT2D eigenvalue weighted by Crippen LogP contribution is -2.34. The molecular formula is C9H15N5O. The van der Waals surface area contributed by atoms with Gasteiger partial charge in [-0.15, -0.1) is 5.10 Å². The van der Waals surface area contributed by atoms with Crippen molar-refractivity contribution in [3.05, 3.63) is 6.33 Å². The Labute approximate surface area is 88.2 Å². The Hall–Kier alpha value is -1.46. The van der Waals surface area contributed by atoms with Gasteiger partial charge in [0, 0.05) is 13.1 Å². The minimum absolute atomic E-state index is 0.115. The van der Waals surface area contributed by atoms with Crippen LogP contribution >= 0.6 is 0 Å². The molecule has 15 heavy (non-hydrogen) atoms. The van der Waals surface area contributed by atoms with Crippen LogP contribution < -0.4 is 0 Å². The molecule has 1 saturated heterocycles. The molecule has 6 heteroatoms. The highest BCUT2D eigenvalue weighted by Crippen LogP contribution is 2.09. The van der Waals surface area contributed by atoms with E-state index in [2.05, 4.69) is 15.5 Å². The predicted molar refractivity (Wildman–Crippen MR) is 52.9 cm³/mol. The molecule has 1 aliphatic heterocycles. The van der Waals surface area contributed by atoms with E-state index >= 15 is 0 Å². The predicted octanol–water partition coefficient (Wildman–Crippen LogP) is 0.0757. The molecule has 0 N–H and O–H groups in total. The van der Waals surface area contributed by atoms with E-state index in [4.69, 9.17) is 0 Å². The maximum Gasteiger partial charge on any atom is 0.244 e. The van der Waals surface area contributed by atoms with Crippen LogP contribution in [0.2, 0.25) is 0 Å². The number of carbonyl (C=O) groups is 1. The molecule has 0 radical (unpaired) electrons. The van der Waals surface area contributed by atoms with Gasteiger partial charge in [-0.25, -0.2) is 4.68 Å². The summed E-state index contributed by atoms with van der Waals surface area (Å²) in [6, 6.07) is 0. The van der Waals surface area contributed by atoms with Gasteiger partial charge in [0.1, 0.15) is 12.9 Å². The van der Waals surface area contributed by atoms with E-state index < -0.39 is 0 Å². The molecule has 0 spiro atoms. The van der Waals surface area contributed by atoms with Crippen LogP contribution in [-0.2, 0) is 11.3 Å². The second kappa shape index (κ2) is 4.86. The first-order chi connectivity index (χ1) is 7.36. The highest BCUT2D eigenvalue weighted by Gasteiger charge is 2.15. The third-order valence-corrected chi connectivity index (χ3v) is 2.65. The van der Waals surface area contributed by atoms with E-state index in [0.29, 0.717) is 0 Å². The summed E-state index contributed by atoms with van der Waals surface area (Å²) in [6.45, 7) is 2.01. The first kappa shape index (κ1) is 10.1. The van der Waals surface area contributed by atoms with Gasteiger partial charge in [0.25, 0.3) is 0 Å². The van der Waals surface area contributed by atoms with Crippen molar-refractivity contribution in [2.75, 3.05) is 13.1 Å². The zero-order valence-corrected chi connectivity index (χ0v) is 8.67. The molecule has 1 aromatic rings. The Morgan fingerprint density at radius 1 is 1.20 bits per heavy atom. The molecule has 1 aromatic heterocycles. The van der Waals surface area contributed by atoms with E-state index in [0.717, 1.165) is 25.9 Å². The molecule has 1 fully saturated rings. The molecule has 2 heterocycles. The number of hydrogen-bond acceptors (Lipinski definition) is 4. The Bertz CT molecular complexity index is 302. The van der Waals surface area contributed by atoms with Crippen molar-refractivity contribution >= 4 is 5.91 Å². The average molecular weight is 209 g/mol. The lowest BCUT2D eigenvalue weighted by Gasteiger charge is -2.19. The maximum atomic E-state index is 11.8. The topological polar surface area (TPSA) is 63.9 Å².